The molecule has 1 N–H and O–H groups in total. The average Bonchev–Trinajstić information content (AvgIpc) is 2.77. The molecular formula is C25H20O3S. The molecule has 0 saturated heterocycles. The summed E-state index contributed by atoms with van der Waals surface area (Å²) in [6.07, 6.45) is 0. The van der Waals surface area contributed by atoms with Crippen LogP contribution in [0.1, 0.15) is 10.4 Å². The van der Waals surface area contributed by atoms with Crippen LogP contribution in [-0.4, -0.2) is 11.1 Å². The van der Waals surface area contributed by atoms with Crippen molar-refractivity contribution in [3.8, 4) is 5.75 Å². The molecule has 0 aliphatic rings. The summed E-state index contributed by atoms with van der Waals surface area (Å²) >= 11 is 0. The van der Waals surface area contributed by atoms with Crippen molar-refractivity contribution in [1.82, 2.24) is 0 Å². The van der Waals surface area contributed by atoms with Crippen LogP contribution < -0.4 is 5.11 Å². The smallest absolute Gasteiger partial charge is 0.335 e. The van der Waals surface area contributed by atoms with E-state index in [9.17, 15) is 9.90 Å². The molecule has 4 rings (SSSR count). The van der Waals surface area contributed by atoms with E-state index in [-0.39, 0.29) is 16.5 Å². The second-order valence-electron chi connectivity index (χ2n) is 6.05. The fourth-order valence-corrected chi connectivity index (χ4v) is 4.83. The maximum atomic E-state index is 10.7. The first-order chi connectivity index (χ1) is 14.2. The van der Waals surface area contributed by atoms with Gasteiger partial charge in [-0.2, -0.15) is 0 Å². The van der Waals surface area contributed by atoms with Crippen molar-refractivity contribution in [2.24, 2.45) is 0 Å². The van der Waals surface area contributed by atoms with Gasteiger partial charge in [-0.1, -0.05) is 78.5 Å². The molecule has 144 valence electrons. The lowest BCUT2D eigenvalue weighted by Gasteiger charge is -2.07. The Morgan fingerprint density at radius 3 is 1.24 bits per heavy atom. The number of rotatable bonds is 4. The van der Waals surface area contributed by atoms with Crippen LogP contribution in [0.2, 0.25) is 0 Å². The standard InChI is InChI=1S/C18H15S.C7H6O3/c1-4-10-16(11-5-1)19(17-12-6-2-7-13-17)18-14-8-3-9-15-18;8-6-4-2-1-3-5(6)7(9)10/h1-15H;1-4,8H,(H,9,10)/q+1;/p-1. The van der Waals surface area contributed by atoms with Crippen molar-refractivity contribution in [1.29, 1.82) is 0 Å². The lowest BCUT2D eigenvalue weighted by Crippen LogP contribution is -2.04. The van der Waals surface area contributed by atoms with Crippen molar-refractivity contribution in [3.63, 3.8) is 0 Å². The maximum Gasteiger partial charge on any atom is 0.335 e. The predicted octanol–water partition coefficient (Wildman–Crippen LogP) is 5.24. The van der Waals surface area contributed by atoms with Crippen molar-refractivity contribution < 1.29 is 15.0 Å². The van der Waals surface area contributed by atoms with E-state index < -0.39 is 11.7 Å². The van der Waals surface area contributed by atoms with E-state index in [0.29, 0.717) is 0 Å². The van der Waals surface area contributed by atoms with E-state index >= 15 is 0 Å². The Morgan fingerprint density at radius 1 is 0.586 bits per heavy atom. The van der Waals surface area contributed by atoms with Crippen LogP contribution in [0.15, 0.2) is 130 Å². The van der Waals surface area contributed by atoms with Crippen LogP contribution >= 0.6 is 0 Å². The second kappa shape index (κ2) is 10.2. The van der Waals surface area contributed by atoms with Crippen molar-refractivity contribution in [2.45, 2.75) is 14.7 Å². The molecule has 4 aromatic carbocycles. The van der Waals surface area contributed by atoms with Gasteiger partial charge in [0.2, 0.25) is 0 Å². The summed E-state index contributed by atoms with van der Waals surface area (Å²) in [5.74, 6) is -1.62. The molecule has 0 aromatic heterocycles. The molecule has 0 unspecified atom stereocenters. The highest BCUT2D eigenvalue weighted by atomic mass is 32.2. The minimum atomic E-state index is -1.18. The predicted molar refractivity (Wildman–Crippen MR) is 114 cm³/mol. The maximum absolute atomic E-state index is 10.7. The molecule has 0 amide bonds. The second-order valence-corrected chi connectivity index (χ2v) is 8.07. The van der Waals surface area contributed by atoms with E-state index in [0.717, 1.165) is 0 Å². The van der Waals surface area contributed by atoms with Gasteiger partial charge < -0.3 is 10.2 Å². The zero-order valence-corrected chi connectivity index (χ0v) is 16.5. The van der Waals surface area contributed by atoms with Gasteiger partial charge in [-0.15, -0.1) is 0 Å². The summed E-state index contributed by atoms with van der Waals surface area (Å²) < 4.78 is 0. The molecule has 0 fully saturated rings. The van der Waals surface area contributed by atoms with Crippen molar-refractivity contribution >= 4 is 16.9 Å². The van der Waals surface area contributed by atoms with Gasteiger partial charge in [0.1, 0.15) is 0 Å². The van der Waals surface area contributed by atoms with E-state index in [1.165, 1.54) is 39.0 Å². The fourth-order valence-electron chi connectivity index (χ4n) is 2.72. The molecule has 0 spiro atoms. The number of benzene rings is 4. The van der Waals surface area contributed by atoms with Gasteiger partial charge in [0.05, 0.1) is 16.5 Å². The summed E-state index contributed by atoms with van der Waals surface area (Å²) in [5, 5.41) is 19.0. The molecule has 0 aliphatic heterocycles. The third-order valence-electron chi connectivity index (χ3n) is 4.05. The van der Waals surface area contributed by atoms with Crippen molar-refractivity contribution in [3.05, 3.63) is 121 Å². The molecule has 4 aromatic rings. The first kappa shape index (κ1) is 20.2. The highest BCUT2D eigenvalue weighted by Crippen LogP contribution is 2.30. The Kier molecular flexibility index (Phi) is 7.09. The van der Waals surface area contributed by atoms with Gasteiger partial charge >= 0.3 is 5.97 Å². The minimum Gasteiger partial charge on any atom is -0.872 e. The van der Waals surface area contributed by atoms with Gasteiger partial charge in [-0.3, -0.25) is 0 Å². The van der Waals surface area contributed by atoms with Crippen LogP contribution in [-0.2, 0) is 10.9 Å². The molecule has 4 heteroatoms. The Labute approximate surface area is 173 Å². The Hall–Kier alpha value is -3.50. The third-order valence-corrected chi connectivity index (χ3v) is 6.28. The first-order valence-electron chi connectivity index (χ1n) is 9.05. The van der Waals surface area contributed by atoms with Gasteiger partial charge in [-0.25, -0.2) is 4.79 Å². The molecule has 0 radical (unpaired) electrons. The molecular weight excluding hydrogens is 380 g/mol. The number of hydrogen-bond donors (Lipinski definition) is 1. The van der Waals surface area contributed by atoms with Gasteiger partial charge in [0, 0.05) is 0 Å². The Balaban J connectivity index is 0.000000204. The molecule has 29 heavy (non-hydrogen) atoms. The SMILES string of the molecule is O=C(O)c1ccccc1[O-].c1ccc([S+](c2ccccc2)c2ccccc2)cc1. The fraction of sp³-hybridized carbons (Fsp3) is 0. The minimum absolute atomic E-state index is 0.0146. The number of carbonyl (C=O) groups is 1. The van der Waals surface area contributed by atoms with Gasteiger partial charge in [0.15, 0.2) is 14.7 Å². The third kappa shape index (κ3) is 5.50. The Bertz CT molecular complexity index is 941. The number of para-hydroxylation sites is 1. The summed E-state index contributed by atoms with van der Waals surface area (Å²) in [6.45, 7) is 0. The highest BCUT2D eigenvalue weighted by molar-refractivity contribution is 7.97. The molecule has 0 saturated carbocycles. The van der Waals surface area contributed by atoms with Crippen LogP contribution in [0.5, 0.6) is 5.75 Å². The summed E-state index contributed by atoms with van der Waals surface area (Å²) in [6, 6.07) is 37.7. The lowest BCUT2D eigenvalue weighted by molar-refractivity contribution is -0.268. The van der Waals surface area contributed by atoms with Crippen molar-refractivity contribution in [2.75, 3.05) is 0 Å². The van der Waals surface area contributed by atoms with Crippen LogP contribution in [0.3, 0.4) is 0 Å². The zero-order chi connectivity index (χ0) is 20.5. The summed E-state index contributed by atoms with van der Waals surface area (Å²) in [5.41, 5.74) is -0.178. The quantitative estimate of drug-likeness (QED) is 0.477. The number of aromatic carboxylic acids is 1. The number of carboxylic acids is 1. The zero-order valence-electron chi connectivity index (χ0n) is 15.6. The summed E-state index contributed by atoms with van der Waals surface area (Å²) in [4.78, 5) is 14.3. The number of carboxylic acid groups (broad SMARTS) is 1. The molecule has 0 bridgehead atoms. The largest absolute Gasteiger partial charge is 0.872 e. The van der Waals surface area contributed by atoms with E-state index in [1.807, 2.05) is 0 Å². The first-order valence-corrected chi connectivity index (χ1v) is 10.3. The van der Waals surface area contributed by atoms with Gasteiger partial charge in [0.25, 0.3) is 0 Å². The van der Waals surface area contributed by atoms with Crippen LogP contribution in [0.4, 0.5) is 0 Å². The van der Waals surface area contributed by atoms with Crippen LogP contribution in [0.25, 0.3) is 0 Å². The van der Waals surface area contributed by atoms with E-state index in [2.05, 4.69) is 91.0 Å². The van der Waals surface area contributed by atoms with Crippen LogP contribution in [0, 0.1) is 0 Å². The topological polar surface area (TPSA) is 60.4 Å². The lowest BCUT2D eigenvalue weighted by atomic mass is 10.2. The molecule has 3 nitrogen and oxygen atoms in total. The number of hydrogen-bond acceptors (Lipinski definition) is 2. The Morgan fingerprint density at radius 2 is 0.931 bits per heavy atom. The summed E-state index contributed by atoms with van der Waals surface area (Å²) in [7, 11) is -0.0146. The van der Waals surface area contributed by atoms with E-state index in [4.69, 9.17) is 5.11 Å². The highest BCUT2D eigenvalue weighted by Gasteiger charge is 2.27. The average molecular weight is 400 g/mol. The van der Waals surface area contributed by atoms with Gasteiger partial charge in [-0.05, 0) is 42.5 Å². The van der Waals surface area contributed by atoms with E-state index in [1.54, 1.807) is 0 Å². The molecule has 0 heterocycles. The normalized spacial score (nSPS) is 10.1. The molecule has 0 atom stereocenters. The molecule has 0 aliphatic carbocycles. The monoisotopic (exact) mass is 400 g/mol.